The molecule has 1 fully saturated rings. The van der Waals surface area contributed by atoms with Crippen LogP contribution in [0.4, 0.5) is 5.69 Å². The summed E-state index contributed by atoms with van der Waals surface area (Å²) in [5, 5.41) is 3.47. The van der Waals surface area contributed by atoms with Crippen LogP contribution in [0.25, 0.3) is 0 Å². The Morgan fingerprint density at radius 3 is 2.65 bits per heavy atom. The largest absolute Gasteiger partial charge is 0.327 e. The van der Waals surface area contributed by atoms with E-state index in [9.17, 15) is 9.59 Å². The van der Waals surface area contributed by atoms with E-state index in [2.05, 4.69) is 5.32 Å². The highest BCUT2D eigenvalue weighted by atomic mass is 35.5. The van der Waals surface area contributed by atoms with Crippen molar-refractivity contribution in [3.63, 3.8) is 0 Å². The molecule has 26 heavy (non-hydrogen) atoms. The Bertz CT molecular complexity index is 782. The molecule has 0 unspecified atom stereocenters. The number of nitrogens with one attached hydrogen (secondary N) is 1. The molecular weight excluding hydrogens is 350 g/mol. The fraction of sp³-hybridized carbons (Fsp3) is 0.300. The van der Waals surface area contributed by atoms with E-state index in [1.807, 2.05) is 42.5 Å². The van der Waals surface area contributed by atoms with E-state index in [1.165, 1.54) is 0 Å². The number of likely N-dealkylation sites (N-methyl/N-ethyl adjacent to an activating group) is 1. The minimum Gasteiger partial charge on any atom is -0.327 e. The van der Waals surface area contributed by atoms with Crippen LogP contribution >= 0.6 is 11.6 Å². The van der Waals surface area contributed by atoms with Crippen LogP contribution in [0.2, 0.25) is 5.02 Å². The summed E-state index contributed by atoms with van der Waals surface area (Å²) in [6, 6.07) is 17.2. The Labute approximate surface area is 158 Å². The number of carbonyl (C=O) groups is 2. The molecule has 0 saturated carbocycles. The molecule has 2 aromatic rings. The zero-order chi connectivity index (χ0) is 18.5. The van der Waals surface area contributed by atoms with Crippen molar-refractivity contribution in [3.8, 4) is 0 Å². The first kappa shape index (κ1) is 18.4. The molecule has 0 bridgehead atoms. The lowest BCUT2D eigenvalue weighted by molar-refractivity contribution is -0.138. The monoisotopic (exact) mass is 371 g/mol. The van der Waals surface area contributed by atoms with E-state index in [-0.39, 0.29) is 30.9 Å². The molecule has 1 N–H and O–H groups in total. The predicted molar refractivity (Wildman–Crippen MR) is 103 cm³/mol. The zero-order valence-corrected chi connectivity index (χ0v) is 15.4. The molecule has 3 rings (SSSR count). The van der Waals surface area contributed by atoms with E-state index in [0.717, 1.165) is 11.3 Å². The zero-order valence-electron chi connectivity index (χ0n) is 14.7. The van der Waals surface area contributed by atoms with Gasteiger partial charge in [-0.05, 0) is 37.2 Å². The van der Waals surface area contributed by atoms with Gasteiger partial charge in [0.05, 0.1) is 12.6 Å². The van der Waals surface area contributed by atoms with Crippen LogP contribution in [0.5, 0.6) is 0 Å². The van der Waals surface area contributed by atoms with Gasteiger partial charge in [-0.15, -0.1) is 0 Å². The Morgan fingerprint density at radius 2 is 1.96 bits per heavy atom. The first-order chi connectivity index (χ1) is 12.6. The number of hydrogen-bond acceptors (Lipinski definition) is 3. The molecule has 1 saturated heterocycles. The van der Waals surface area contributed by atoms with Crippen molar-refractivity contribution in [1.82, 2.24) is 10.2 Å². The molecular formula is C20H22ClN3O2. The normalized spacial score (nSPS) is 17.5. The van der Waals surface area contributed by atoms with Gasteiger partial charge in [0.15, 0.2) is 0 Å². The number of amides is 2. The smallest absolute Gasteiger partial charge is 0.246 e. The maximum Gasteiger partial charge on any atom is 0.246 e. The summed E-state index contributed by atoms with van der Waals surface area (Å²) in [4.78, 5) is 28.6. The summed E-state index contributed by atoms with van der Waals surface area (Å²) in [6.45, 7) is 0.740. The second kappa shape index (κ2) is 8.34. The van der Waals surface area contributed by atoms with E-state index in [4.69, 9.17) is 11.6 Å². The van der Waals surface area contributed by atoms with Gasteiger partial charge in [0, 0.05) is 17.3 Å². The third kappa shape index (κ3) is 4.23. The minimum absolute atomic E-state index is 0.0625. The summed E-state index contributed by atoms with van der Waals surface area (Å²) in [5.74, 6) is -0.159. The summed E-state index contributed by atoms with van der Waals surface area (Å²) < 4.78 is 0. The molecule has 0 aromatic heterocycles. The van der Waals surface area contributed by atoms with E-state index < -0.39 is 0 Å². The molecule has 1 aliphatic rings. The van der Waals surface area contributed by atoms with Crippen molar-refractivity contribution in [3.05, 3.63) is 65.2 Å². The summed E-state index contributed by atoms with van der Waals surface area (Å²) in [7, 11) is 1.73. The van der Waals surface area contributed by atoms with Crippen molar-refractivity contribution in [2.45, 2.75) is 12.5 Å². The topological polar surface area (TPSA) is 52.7 Å². The lowest BCUT2D eigenvalue weighted by Crippen LogP contribution is -2.60. The van der Waals surface area contributed by atoms with E-state index in [0.29, 0.717) is 18.0 Å². The average Bonchev–Trinajstić information content (AvgIpc) is 2.64. The molecule has 2 aromatic carbocycles. The van der Waals surface area contributed by atoms with Crippen molar-refractivity contribution in [2.24, 2.45) is 0 Å². The molecule has 2 amide bonds. The summed E-state index contributed by atoms with van der Waals surface area (Å²) >= 11 is 6.09. The van der Waals surface area contributed by atoms with Gasteiger partial charge >= 0.3 is 0 Å². The maximum atomic E-state index is 12.7. The number of halogens is 1. The fourth-order valence-corrected chi connectivity index (χ4v) is 3.45. The lowest BCUT2D eigenvalue weighted by Gasteiger charge is -2.41. The summed E-state index contributed by atoms with van der Waals surface area (Å²) in [5.41, 5.74) is 1.90. The fourth-order valence-electron chi connectivity index (χ4n) is 3.27. The Morgan fingerprint density at radius 1 is 1.19 bits per heavy atom. The number of nitrogens with zero attached hydrogens (tertiary/aromatic N) is 2. The van der Waals surface area contributed by atoms with Gasteiger partial charge in [-0.1, -0.05) is 48.0 Å². The lowest BCUT2D eigenvalue weighted by atomic mass is 10.0. The number of piperazine rings is 1. The van der Waals surface area contributed by atoms with Crippen LogP contribution < -0.4 is 10.2 Å². The van der Waals surface area contributed by atoms with Crippen LogP contribution in [-0.4, -0.2) is 49.4 Å². The first-order valence-electron chi connectivity index (χ1n) is 8.62. The number of rotatable bonds is 5. The van der Waals surface area contributed by atoms with Crippen molar-refractivity contribution >= 4 is 29.1 Å². The maximum absolute atomic E-state index is 12.7. The van der Waals surface area contributed by atoms with Gasteiger partial charge in [-0.3, -0.25) is 9.59 Å². The van der Waals surface area contributed by atoms with Gasteiger partial charge < -0.3 is 15.1 Å². The van der Waals surface area contributed by atoms with Crippen LogP contribution in [0.15, 0.2) is 54.6 Å². The number of hydrogen-bond donors (Lipinski definition) is 1. The standard InChI is InChI=1S/C20H22ClN3O2/c1-22-12-19(25)24-14-20(26)23(17-9-5-8-16(21)11-17)13-18(24)10-15-6-3-2-4-7-15/h2-9,11,18,22H,10,12-14H2,1H3/t18-/m0/s1. The second-order valence-corrected chi connectivity index (χ2v) is 6.82. The predicted octanol–water partition coefficient (Wildman–Crippen LogP) is 2.35. The molecule has 136 valence electrons. The van der Waals surface area contributed by atoms with Crippen LogP contribution in [0.3, 0.4) is 0 Å². The van der Waals surface area contributed by atoms with Crippen LogP contribution in [0, 0.1) is 0 Å². The quantitative estimate of drug-likeness (QED) is 0.877. The van der Waals surface area contributed by atoms with Crippen molar-refractivity contribution in [1.29, 1.82) is 0 Å². The van der Waals surface area contributed by atoms with Gasteiger partial charge in [-0.25, -0.2) is 0 Å². The highest BCUT2D eigenvalue weighted by Crippen LogP contribution is 2.24. The van der Waals surface area contributed by atoms with Crippen molar-refractivity contribution in [2.75, 3.05) is 31.6 Å². The van der Waals surface area contributed by atoms with Gasteiger partial charge in [0.2, 0.25) is 11.8 Å². The summed E-state index contributed by atoms with van der Waals surface area (Å²) in [6.07, 6.45) is 0.695. The van der Waals surface area contributed by atoms with Gasteiger partial charge in [-0.2, -0.15) is 0 Å². The molecule has 5 nitrogen and oxygen atoms in total. The van der Waals surface area contributed by atoms with Gasteiger partial charge in [0.1, 0.15) is 6.54 Å². The van der Waals surface area contributed by atoms with Crippen molar-refractivity contribution < 1.29 is 9.59 Å². The molecule has 6 heteroatoms. The molecule has 1 heterocycles. The highest BCUT2D eigenvalue weighted by molar-refractivity contribution is 6.30. The molecule has 0 spiro atoms. The Hall–Kier alpha value is -2.37. The molecule has 1 aliphatic heterocycles. The molecule has 0 radical (unpaired) electrons. The molecule has 1 atom stereocenters. The van der Waals surface area contributed by atoms with Gasteiger partial charge in [0.25, 0.3) is 0 Å². The number of carbonyl (C=O) groups excluding carboxylic acids is 2. The second-order valence-electron chi connectivity index (χ2n) is 6.38. The average molecular weight is 372 g/mol. The van der Waals surface area contributed by atoms with E-state index >= 15 is 0 Å². The van der Waals surface area contributed by atoms with Crippen LogP contribution in [-0.2, 0) is 16.0 Å². The Kier molecular flexibility index (Phi) is 5.91. The Balaban J connectivity index is 1.86. The first-order valence-corrected chi connectivity index (χ1v) is 9.00. The third-order valence-corrected chi connectivity index (χ3v) is 4.76. The number of anilines is 1. The minimum atomic E-state index is -0.0963. The van der Waals surface area contributed by atoms with Crippen LogP contribution in [0.1, 0.15) is 5.56 Å². The number of benzene rings is 2. The van der Waals surface area contributed by atoms with E-state index in [1.54, 1.807) is 29.0 Å². The highest BCUT2D eigenvalue weighted by Gasteiger charge is 2.35. The molecule has 0 aliphatic carbocycles. The third-order valence-electron chi connectivity index (χ3n) is 4.52. The SMILES string of the molecule is CNCC(=O)N1CC(=O)N(c2cccc(Cl)c2)C[C@@H]1Cc1ccccc1.